The van der Waals surface area contributed by atoms with E-state index < -0.39 is 6.03 Å². The Morgan fingerprint density at radius 1 is 1.43 bits per heavy atom. The lowest BCUT2D eigenvalue weighted by Gasteiger charge is -2.11. The number of urea groups is 1. The number of halogens is 1. The van der Waals surface area contributed by atoms with Gasteiger partial charge in [-0.15, -0.1) is 0 Å². The third-order valence-electron chi connectivity index (χ3n) is 1.45. The third kappa shape index (κ3) is 2.91. The second kappa shape index (κ2) is 4.43. The molecular formula is C8H10FN3O2. The zero-order chi connectivity index (χ0) is 10.6. The molecule has 0 bridgehead atoms. The highest BCUT2D eigenvalue weighted by Gasteiger charge is 2.02. The van der Waals surface area contributed by atoms with Crippen molar-refractivity contribution < 1.29 is 14.4 Å². The summed E-state index contributed by atoms with van der Waals surface area (Å²) in [5.74, 6) is -0.360. The smallest absolute Gasteiger partial charge is 0.297 e. The maximum absolute atomic E-state index is 12.5. The van der Waals surface area contributed by atoms with Crippen LogP contribution in [0.3, 0.4) is 0 Å². The van der Waals surface area contributed by atoms with Crippen LogP contribution in [0.1, 0.15) is 0 Å². The molecule has 0 heterocycles. The van der Waals surface area contributed by atoms with Crippen LogP contribution < -0.4 is 10.9 Å². The summed E-state index contributed by atoms with van der Waals surface area (Å²) in [5, 5.41) is 9.05. The maximum Gasteiger partial charge on any atom is 0.359 e. The summed E-state index contributed by atoms with van der Waals surface area (Å²) in [5.41, 5.74) is 5.18. The third-order valence-corrected chi connectivity index (χ3v) is 1.45. The maximum atomic E-state index is 12.5. The van der Waals surface area contributed by atoms with E-state index >= 15 is 0 Å². The van der Waals surface area contributed by atoms with Crippen molar-refractivity contribution in [3.8, 4) is 0 Å². The molecule has 0 aromatic heterocycles. The minimum atomic E-state index is -0.714. The van der Waals surface area contributed by atoms with Gasteiger partial charge in [-0.2, -0.15) is 0 Å². The molecular weight excluding hydrogens is 189 g/mol. The van der Waals surface area contributed by atoms with Crippen molar-refractivity contribution in [1.82, 2.24) is 10.5 Å². The van der Waals surface area contributed by atoms with Crippen LogP contribution in [0.15, 0.2) is 24.3 Å². The van der Waals surface area contributed by atoms with Crippen LogP contribution in [-0.4, -0.2) is 23.3 Å². The van der Waals surface area contributed by atoms with E-state index in [1.807, 2.05) is 0 Å². The van der Waals surface area contributed by atoms with Crippen LogP contribution in [0.4, 0.5) is 14.9 Å². The Morgan fingerprint density at radius 3 is 2.50 bits per heavy atom. The van der Waals surface area contributed by atoms with Crippen molar-refractivity contribution in [2.75, 3.05) is 12.5 Å². The largest absolute Gasteiger partial charge is 0.359 e. The molecule has 76 valence electrons. The molecule has 5 nitrogen and oxygen atoms in total. The first-order chi connectivity index (χ1) is 6.59. The SMILES string of the molecule is CN(O)C(=O)NNc1ccc(F)cc1. The van der Waals surface area contributed by atoms with Crippen molar-refractivity contribution in [2.45, 2.75) is 0 Å². The Kier molecular flexibility index (Phi) is 3.24. The van der Waals surface area contributed by atoms with Gasteiger partial charge in [0, 0.05) is 7.05 Å². The molecule has 2 amide bonds. The van der Waals surface area contributed by atoms with Gasteiger partial charge in [0.1, 0.15) is 5.82 Å². The van der Waals surface area contributed by atoms with Crippen molar-refractivity contribution in [3.63, 3.8) is 0 Å². The van der Waals surface area contributed by atoms with Gasteiger partial charge >= 0.3 is 6.03 Å². The predicted octanol–water partition coefficient (Wildman–Crippen LogP) is 1.18. The van der Waals surface area contributed by atoms with Crippen LogP contribution in [0.2, 0.25) is 0 Å². The Hall–Kier alpha value is -1.82. The van der Waals surface area contributed by atoms with E-state index in [1.165, 1.54) is 31.3 Å². The topological polar surface area (TPSA) is 64.6 Å². The first-order valence-electron chi connectivity index (χ1n) is 3.84. The lowest BCUT2D eigenvalue weighted by Crippen LogP contribution is -2.38. The predicted molar refractivity (Wildman–Crippen MR) is 48.1 cm³/mol. The molecule has 0 aliphatic rings. The summed E-state index contributed by atoms with van der Waals surface area (Å²) in [7, 11) is 1.18. The summed E-state index contributed by atoms with van der Waals surface area (Å²) in [4.78, 5) is 10.8. The molecule has 0 unspecified atom stereocenters. The molecule has 0 atom stereocenters. The molecule has 3 N–H and O–H groups in total. The van der Waals surface area contributed by atoms with E-state index in [0.717, 1.165) is 0 Å². The van der Waals surface area contributed by atoms with Gasteiger partial charge in [-0.3, -0.25) is 10.6 Å². The summed E-state index contributed by atoms with van der Waals surface area (Å²) in [6.45, 7) is 0. The number of hydroxylamine groups is 2. The lowest BCUT2D eigenvalue weighted by molar-refractivity contribution is -0.0174. The summed E-state index contributed by atoms with van der Waals surface area (Å²) in [6, 6.07) is 4.68. The van der Waals surface area contributed by atoms with Gasteiger partial charge < -0.3 is 0 Å². The van der Waals surface area contributed by atoms with E-state index in [4.69, 9.17) is 5.21 Å². The minimum Gasteiger partial charge on any atom is -0.297 e. The highest BCUT2D eigenvalue weighted by Crippen LogP contribution is 2.06. The number of carbonyl (C=O) groups is 1. The number of nitrogens with one attached hydrogen (secondary N) is 2. The molecule has 1 rings (SSSR count). The normalized spacial score (nSPS) is 9.36. The van der Waals surface area contributed by atoms with Gasteiger partial charge in [0.05, 0.1) is 5.69 Å². The van der Waals surface area contributed by atoms with Gasteiger partial charge in [0.15, 0.2) is 0 Å². The number of amides is 2. The number of carbonyl (C=O) groups excluding carboxylic acids is 1. The fourth-order valence-electron chi connectivity index (χ4n) is 0.740. The van der Waals surface area contributed by atoms with Crippen LogP contribution >= 0.6 is 0 Å². The average molecular weight is 199 g/mol. The first kappa shape index (κ1) is 10.3. The number of anilines is 1. The van der Waals surface area contributed by atoms with E-state index in [0.29, 0.717) is 10.8 Å². The van der Waals surface area contributed by atoms with E-state index in [2.05, 4.69) is 10.9 Å². The molecule has 1 aromatic rings. The fourth-order valence-corrected chi connectivity index (χ4v) is 0.740. The number of nitrogens with zero attached hydrogens (tertiary/aromatic N) is 1. The number of benzene rings is 1. The number of rotatable bonds is 2. The summed E-state index contributed by atoms with van der Waals surface area (Å²) < 4.78 is 12.5. The zero-order valence-electron chi connectivity index (χ0n) is 7.49. The Balaban J connectivity index is 2.46. The van der Waals surface area contributed by atoms with Gasteiger partial charge in [0.2, 0.25) is 0 Å². The number of hydrazine groups is 1. The molecule has 0 spiro atoms. The van der Waals surface area contributed by atoms with Crippen LogP contribution in [0.25, 0.3) is 0 Å². The second-order valence-corrected chi connectivity index (χ2v) is 2.59. The molecule has 0 fully saturated rings. The fraction of sp³-hybridized carbons (Fsp3) is 0.125. The van der Waals surface area contributed by atoms with Crippen molar-refractivity contribution >= 4 is 11.7 Å². The Bertz CT molecular complexity index is 313. The second-order valence-electron chi connectivity index (χ2n) is 2.59. The molecule has 0 saturated heterocycles. The molecule has 6 heteroatoms. The highest BCUT2D eigenvalue weighted by atomic mass is 19.1. The standard InChI is InChI=1S/C8H10FN3O2/c1-12(14)8(13)11-10-7-4-2-6(9)3-5-7/h2-5,10,14H,1H3,(H,11,13). The molecule has 1 aromatic carbocycles. The van der Waals surface area contributed by atoms with E-state index in [9.17, 15) is 9.18 Å². The van der Waals surface area contributed by atoms with Crippen LogP contribution in [-0.2, 0) is 0 Å². The van der Waals surface area contributed by atoms with E-state index in [1.54, 1.807) is 0 Å². The van der Waals surface area contributed by atoms with Crippen molar-refractivity contribution in [2.24, 2.45) is 0 Å². The number of hydrogen-bond acceptors (Lipinski definition) is 3. The average Bonchev–Trinajstić information content (AvgIpc) is 2.16. The monoisotopic (exact) mass is 199 g/mol. The molecule has 0 aliphatic heterocycles. The summed E-state index contributed by atoms with van der Waals surface area (Å²) in [6.07, 6.45) is 0. The van der Waals surface area contributed by atoms with Crippen LogP contribution in [0, 0.1) is 5.82 Å². The number of hydrogen-bond donors (Lipinski definition) is 3. The van der Waals surface area contributed by atoms with Crippen LogP contribution in [0.5, 0.6) is 0 Å². The van der Waals surface area contributed by atoms with Crippen molar-refractivity contribution in [3.05, 3.63) is 30.1 Å². The summed E-state index contributed by atoms with van der Waals surface area (Å²) >= 11 is 0. The van der Waals surface area contributed by atoms with Gasteiger partial charge in [0.25, 0.3) is 0 Å². The van der Waals surface area contributed by atoms with E-state index in [-0.39, 0.29) is 5.82 Å². The minimum absolute atomic E-state index is 0.360. The molecule has 0 saturated carbocycles. The Morgan fingerprint density at radius 2 is 2.00 bits per heavy atom. The van der Waals surface area contributed by atoms with Gasteiger partial charge in [-0.1, -0.05) is 0 Å². The zero-order valence-corrected chi connectivity index (χ0v) is 7.49. The first-order valence-corrected chi connectivity index (χ1v) is 3.84. The molecule has 0 radical (unpaired) electrons. The van der Waals surface area contributed by atoms with Gasteiger partial charge in [-0.05, 0) is 24.3 Å². The quantitative estimate of drug-likeness (QED) is 0.495. The van der Waals surface area contributed by atoms with Crippen molar-refractivity contribution in [1.29, 1.82) is 0 Å². The Labute approximate surface area is 80.1 Å². The highest BCUT2D eigenvalue weighted by molar-refractivity contribution is 5.74. The molecule has 14 heavy (non-hydrogen) atoms. The molecule has 0 aliphatic carbocycles. The lowest BCUT2D eigenvalue weighted by atomic mass is 10.3. The van der Waals surface area contributed by atoms with Gasteiger partial charge in [-0.25, -0.2) is 19.7 Å².